The third-order valence-corrected chi connectivity index (χ3v) is 13.4. The normalized spacial score (nSPS) is 13.6. The maximum atomic E-state index is 6.44. The standard InChI is InChI=1S/C62H41NO2/c1-2-13-45-38-62-57(36-44(45)12-1)56-37-48(28-34-60(56)65-62)53-18-5-7-21-58(53)63(50-31-25-41(26-32-50)46-27-33-55-54-19-6-8-22-59(54)64-61(55)39-46)49-29-23-40(24-30-49)43-15-9-16-47(35-43)52-20-10-14-42-11-3-4-17-51(42)52/h1-38,46H,39H2. The van der Waals surface area contributed by atoms with E-state index in [1.54, 1.807) is 0 Å². The second-order valence-electron chi connectivity index (χ2n) is 17.2. The van der Waals surface area contributed by atoms with Gasteiger partial charge >= 0.3 is 0 Å². The van der Waals surface area contributed by atoms with Crippen LogP contribution in [0.1, 0.15) is 22.8 Å². The van der Waals surface area contributed by atoms with Crippen molar-refractivity contribution in [3.05, 3.63) is 241 Å². The predicted octanol–water partition coefficient (Wildman–Crippen LogP) is 17.5. The van der Waals surface area contributed by atoms with Crippen molar-refractivity contribution >= 4 is 77.6 Å². The van der Waals surface area contributed by atoms with Gasteiger partial charge in [0, 0.05) is 51.0 Å². The quantitative estimate of drug-likeness (QED) is 0.160. The zero-order valence-corrected chi connectivity index (χ0v) is 35.5. The summed E-state index contributed by atoms with van der Waals surface area (Å²) in [6, 6.07) is 78.8. The minimum absolute atomic E-state index is 0.218. The molecule has 3 nitrogen and oxygen atoms in total. The maximum absolute atomic E-state index is 6.44. The van der Waals surface area contributed by atoms with Gasteiger partial charge in [0.15, 0.2) is 0 Å². The van der Waals surface area contributed by atoms with Gasteiger partial charge < -0.3 is 13.7 Å². The Morgan fingerprint density at radius 3 is 1.86 bits per heavy atom. The van der Waals surface area contributed by atoms with Gasteiger partial charge in [-0.2, -0.15) is 0 Å². The number of furan rings is 2. The lowest BCUT2D eigenvalue weighted by atomic mass is 9.88. The van der Waals surface area contributed by atoms with Crippen molar-refractivity contribution in [2.75, 3.05) is 4.90 Å². The first kappa shape index (κ1) is 37.2. The van der Waals surface area contributed by atoms with E-state index in [0.717, 1.165) is 67.9 Å². The number of benzene rings is 10. The van der Waals surface area contributed by atoms with E-state index in [4.69, 9.17) is 8.83 Å². The molecule has 1 aliphatic rings. The molecule has 0 N–H and O–H groups in total. The zero-order valence-electron chi connectivity index (χ0n) is 35.5. The topological polar surface area (TPSA) is 29.5 Å². The molecular weight excluding hydrogens is 791 g/mol. The largest absolute Gasteiger partial charge is 0.460 e. The summed E-state index contributed by atoms with van der Waals surface area (Å²) < 4.78 is 12.8. The van der Waals surface area contributed by atoms with E-state index in [-0.39, 0.29) is 5.92 Å². The minimum Gasteiger partial charge on any atom is -0.460 e. The van der Waals surface area contributed by atoms with Crippen LogP contribution in [0, 0.1) is 0 Å². The minimum atomic E-state index is 0.218. The van der Waals surface area contributed by atoms with E-state index in [9.17, 15) is 0 Å². The molecule has 0 radical (unpaired) electrons. The number of para-hydroxylation sites is 2. The summed E-state index contributed by atoms with van der Waals surface area (Å²) in [7, 11) is 0. The lowest BCUT2D eigenvalue weighted by Crippen LogP contribution is -2.12. The molecule has 65 heavy (non-hydrogen) atoms. The highest BCUT2D eigenvalue weighted by molar-refractivity contribution is 6.11. The van der Waals surface area contributed by atoms with Gasteiger partial charge in [0.25, 0.3) is 0 Å². The SMILES string of the molecule is C1=CC(c2ccc(N(c3ccc(-c4cccc(-c5cccc6ccccc56)c4)cc3)c3ccccc3-c3ccc4oc5cc6ccccc6cc5c4c3)cc2)Cc2oc3ccccc3c21. The number of nitrogens with zero attached hydrogens (tertiary/aromatic N) is 1. The molecule has 2 aromatic heterocycles. The van der Waals surface area contributed by atoms with Crippen molar-refractivity contribution in [2.24, 2.45) is 0 Å². The Kier molecular flexibility index (Phi) is 8.67. The van der Waals surface area contributed by atoms with Crippen LogP contribution in [-0.4, -0.2) is 0 Å². The molecule has 3 heteroatoms. The predicted molar refractivity (Wildman–Crippen MR) is 271 cm³/mol. The fraction of sp³-hybridized carbons (Fsp3) is 0.0323. The Morgan fingerprint density at radius 2 is 1.00 bits per heavy atom. The van der Waals surface area contributed by atoms with Gasteiger partial charge in [-0.1, -0.05) is 164 Å². The Labute approximate surface area is 376 Å². The second kappa shape index (κ2) is 15.1. The third kappa shape index (κ3) is 6.43. The molecule has 0 fully saturated rings. The summed E-state index contributed by atoms with van der Waals surface area (Å²) in [5.41, 5.74) is 15.5. The number of allylic oxidation sites excluding steroid dienone is 1. The van der Waals surface area contributed by atoms with Crippen LogP contribution in [0.5, 0.6) is 0 Å². The number of anilines is 3. The molecule has 0 amide bonds. The van der Waals surface area contributed by atoms with Gasteiger partial charge in [0.1, 0.15) is 22.5 Å². The van der Waals surface area contributed by atoms with Gasteiger partial charge in [-0.05, 0) is 122 Å². The molecule has 2 heterocycles. The fourth-order valence-electron chi connectivity index (χ4n) is 10.1. The van der Waals surface area contributed by atoms with Crippen molar-refractivity contribution in [2.45, 2.75) is 12.3 Å². The molecule has 0 saturated carbocycles. The highest BCUT2D eigenvalue weighted by Crippen LogP contribution is 2.44. The Morgan fingerprint density at radius 1 is 0.385 bits per heavy atom. The number of hydrogen-bond acceptors (Lipinski definition) is 3. The third-order valence-electron chi connectivity index (χ3n) is 13.4. The first-order chi connectivity index (χ1) is 32.2. The summed E-state index contributed by atoms with van der Waals surface area (Å²) in [6.07, 6.45) is 5.41. The molecule has 1 aliphatic carbocycles. The lowest BCUT2D eigenvalue weighted by molar-refractivity contribution is 0.532. The Bertz CT molecular complexity index is 3810. The highest BCUT2D eigenvalue weighted by Gasteiger charge is 2.23. The van der Waals surface area contributed by atoms with Gasteiger partial charge in [-0.3, -0.25) is 0 Å². The summed E-state index contributed by atoms with van der Waals surface area (Å²) in [6.45, 7) is 0. The maximum Gasteiger partial charge on any atom is 0.136 e. The second-order valence-corrected chi connectivity index (χ2v) is 17.2. The average molecular weight is 832 g/mol. The van der Waals surface area contributed by atoms with Crippen molar-refractivity contribution < 1.29 is 8.83 Å². The van der Waals surface area contributed by atoms with Crippen LogP contribution >= 0.6 is 0 Å². The van der Waals surface area contributed by atoms with Crippen molar-refractivity contribution in [3.63, 3.8) is 0 Å². The molecule has 0 bridgehead atoms. The highest BCUT2D eigenvalue weighted by atomic mass is 16.3. The van der Waals surface area contributed by atoms with Crippen LogP contribution in [0.3, 0.4) is 0 Å². The Hall–Kier alpha value is -8.40. The van der Waals surface area contributed by atoms with Gasteiger partial charge in [0.2, 0.25) is 0 Å². The monoisotopic (exact) mass is 831 g/mol. The van der Waals surface area contributed by atoms with Crippen molar-refractivity contribution in [1.82, 2.24) is 0 Å². The number of fused-ring (bicyclic) bond motifs is 8. The van der Waals surface area contributed by atoms with Crippen molar-refractivity contribution in [1.29, 1.82) is 0 Å². The summed E-state index contributed by atoms with van der Waals surface area (Å²) >= 11 is 0. The zero-order chi connectivity index (χ0) is 42.8. The fourth-order valence-corrected chi connectivity index (χ4v) is 10.1. The number of rotatable bonds is 7. The van der Waals surface area contributed by atoms with E-state index >= 15 is 0 Å². The summed E-state index contributed by atoms with van der Waals surface area (Å²) in [5.74, 6) is 1.27. The average Bonchev–Trinajstić information content (AvgIpc) is 3.93. The molecular formula is C62H41NO2. The first-order valence-electron chi connectivity index (χ1n) is 22.4. The van der Waals surface area contributed by atoms with Crippen LogP contribution < -0.4 is 4.90 Å². The van der Waals surface area contributed by atoms with Gasteiger partial charge in [-0.15, -0.1) is 0 Å². The molecule has 1 atom stereocenters. The smallest absolute Gasteiger partial charge is 0.136 e. The summed E-state index contributed by atoms with van der Waals surface area (Å²) in [5, 5.41) is 8.29. The number of hydrogen-bond donors (Lipinski definition) is 0. The molecule has 306 valence electrons. The molecule has 10 aromatic carbocycles. The van der Waals surface area contributed by atoms with Gasteiger partial charge in [0.05, 0.1) is 5.69 Å². The molecule has 0 saturated heterocycles. The molecule has 0 aliphatic heterocycles. The van der Waals surface area contributed by atoms with E-state index in [1.165, 1.54) is 60.3 Å². The molecule has 0 spiro atoms. The van der Waals surface area contributed by atoms with Crippen LogP contribution in [0.4, 0.5) is 17.1 Å². The molecule has 12 aromatic rings. The molecule has 13 rings (SSSR count). The van der Waals surface area contributed by atoms with Crippen LogP contribution in [0.2, 0.25) is 0 Å². The van der Waals surface area contributed by atoms with Crippen LogP contribution in [0.15, 0.2) is 233 Å². The first-order valence-corrected chi connectivity index (χ1v) is 22.4. The van der Waals surface area contributed by atoms with Crippen LogP contribution in [0.25, 0.3) is 93.9 Å². The summed E-state index contributed by atoms with van der Waals surface area (Å²) in [4.78, 5) is 2.40. The van der Waals surface area contributed by atoms with Crippen molar-refractivity contribution in [3.8, 4) is 33.4 Å². The Balaban J connectivity index is 0.902. The molecule has 1 unspecified atom stereocenters. The van der Waals surface area contributed by atoms with E-state index in [0.29, 0.717) is 0 Å². The van der Waals surface area contributed by atoms with E-state index in [2.05, 4.69) is 229 Å². The van der Waals surface area contributed by atoms with E-state index in [1.807, 2.05) is 6.07 Å². The lowest BCUT2D eigenvalue weighted by Gasteiger charge is -2.28. The van der Waals surface area contributed by atoms with E-state index < -0.39 is 0 Å². The van der Waals surface area contributed by atoms with Crippen LogP contribution in [-0.2, 0) is 6.42 Å². The van der Waals surface area contributed by atoms with Gasteiger partial charge in [-0.25, -0.2) is 0 Å².